The summed E-state index contributed by atoms with van der Waals surface area (Å²) in [6.45, 7) is 4.41. The molecule has 1 aromatic carbocycles. The van der Waals surface area contributed by atoms with Crippen LogP contribution in [0.2, 0.25) is 0 Å². The van der Waals surface area contributed by atoms with Gasteiger partial charge in [0.2, 0.25) is 0 Å². The number of aliphatic carboxylic acids is 2. The first-order valence-corrected chi connectivity index (χ1v) is 12.7. The molecular formula is C27H44O6. The van der Waals surface area contributed by atoms with Gasteiger partial charge in [0.1, 0.15) is 6.10 Å². The number of carboxylic acid groups (broad SMARTS) is 2. The molecule has 1 rings (SSSR count). The van der Waals surface area contributed by atoms with Crippen molar-refractivity contribution in [3.05, 3.63) is 24.3 Å². The van der Waals surface area contributed by atoms with Crippen LogP contribution in [0.1, 0.15) is 104 Å². The smallest absolute Gasteiger partial charge is 0.307 e. The molecule has 6 heteroatoms. The van der Waals surface area contributed by atoms with Crippen molar-refractivity contribution in [1.29, 1.82) is 0 Å². The van der Waals surface area contributed by atoms with Gasteiger partial charge in [-0.3, -0.25) is 9.59 Å². The van der Waals surface area contributed by atoms with Crippen molar-refractivity contribution in [3.8, 4) is 11.5 Å². The van der Waals surface area contributed by atoms with Crippen LogP contribution in [0.3, 0.4) is 0 Å². The van der Waals surface area contributed by atoms with Gasteiger partial charge in [0, 0.05) is 6.42 Å². The van der Waals surface area contributed by atoms with Gasteiger partial charge in [-0.05, 0) is 31.4 Å². The second-order valence-corrected chi connectivity index (χ2v) is 9.20. The van der Waals surface area contributed by atoms with Gasteiger partial charge in [-0.2, -0.15) is 0 Å². The molecule has 0 aliphatic carbocycles. The topological polar surface area (TPSA) is 93.1 Å². The molecule has 0 bridgehead atoms. The van der Waals surface area contributed by atoms with Crippen LogP contribution >= 0.6 is 0 Å². The first kappa shape index (κ1) is 28.8. The Morgan fingerprint density at radius 3 is 1.76 bits per heavy atom. The molecule has 6 nitrogen and oxygen atoms in total. The number of carbonyl (C=O) groups is 2. The van der Waals surface area contributed by atoms with Crippen molar-refractivity contribution in [2.45, 2.75) is 110 Å². The van der Waals surface area contributed by atoms with E-state index in [0.29, 0.717) is 30.4 Å². The lowest BCUT2D eigenvalue weighted by Crippen LogP contribution is -2.17. The Hall–Kier alpha value is -2.24. The van der Waals surface area contributed by atoms with E-state index in [2.05, 4.69) is 0 Å². The van der Waals surface area contributed by atoms with Gasteiger partial charge in [0.05, 0.1) is 13.0 Å². The monoisotopic (exact) mass is 464 g/mol. The van der Waals surface area contributed by atoms with E-state index in [-0.39, 0.29) is 6.42 Å². The Balaban J connectivity index is 1.97. The highest BCUT2D eigenvalue weighted by molar-refractivity contribution is 5.67. The number of unbranched alkanes of at least 4 members (excludes halogenated alkanes) is 10. The standard InChI is InChI=1S/C27H44O6/c1-22(20-26(28)29)16-12-10-8-6-4-3-5-7-9-11-15-19-32-24-17-13-14-18-25(24)33-23(2)21-27(30)31/h13-14,17-18,22-23H,3-12,15-16,19-21H2,1-2H3,(H,28,29)(H,30,31). The summed E-state index contributed by atoms with van der Waals surface area (Å²) in [5.74, 6) is 0.00529. The molecule has 188 valence electrons. The quantitative estimate of drug-likeness (QED) is 0.188. The number of para-hydroxylation sites is 2. The average molecular weight is 465 g/mol. The number of hydrogen-bond acceptors (Lipinski definition) is 4. The number of benzene rings is 1. The Kier molecular flexibility index (Phi) is 15.9. The lowest BCUT2D eigenvalue weighted by atomic mass is 9.99. The van der Waals surface area contributed by atoms with E-state index in [4.69, 9.17) is 19.7 Å². The Morgan fingerprint density at radius 1 is 0.727 bits per heavy atom. The lowest BCUT2D eigenvalue weighted by Gasteiger charge is -2.16. The summed E-state index contributed by atoms with van der Waals surface area (Å²) in [7, 11) is 0. The van der Waals surface area contributed by atoms with Gasteiger partial charge >= 0.3 is 11.9 Å². The van der Waals surface area contributed by atoms with E-state index < -0.39 is 18.0 Å². The van der Waals surface area contributed by atoms with Crippen molar-refractivity contribution in [3.63, 3.8) is 0 Å². The van der Waals surface area contributed by atoms with Crippen molar-refractivity contribution in [2.24, 2.45) is 5.92 Å². The molecule has 2 unspecified atom stereocenters. The minimum absolute atomic E-state index is 0.0395. The molecule has 0 saturated carbocycles. The summed E-state index contributed by atoms with van der Waals surface area (Å²) < 4.78 is 11.6. The second-order valence-electron chi connectivity index (χ2n) is 9.20. The van der Waals surface area contributed by atoms with Crippen molar-refractivity contribution in [2.75, 3.05) is 6.61 Å². The minimum atomic E-state index is -0.875. The number of ether oxygens (including phenoxy) is 2. The van der Waals surface area contributed by atoms with Gasteiger partial charge in [0.25, 0.3) is 0 Å². The summed E-state index contributed by atoms with van der Waals surface area (Å²) >= 11 is 0. The normalized spacial score (nSPS) is 12.8. The van der Waals surface area contributed by atoms with E-state index >= 15 is 0 Å². The second kappa shape index (κ2) is 18.2. The fourth-order valence-electron chi connectivity index (χ4n) is 3.94. The third kappa shape index (κ3) is 16.1. The fraction of sp³-hybridized carbons (Fsp3) is 0.704. The summed E-state index contributed by atoms with van der Waals surface area (Å²) in [5, 5.41) is 17.6. The van der Waals surface area contributed by atoms with E-state index in [9.17, 15) is 9.59 Å². The maximum absolute atomic E-state index is 10.8. The minimum Gasteiger partial charge on any atom is -0.490 e. The molecule has 0 aliphatic rings. The van der Waals surface area contributed by atoms with Crippen molar-refractivity contribution >= 4 is 11.9 Å². The maximum atomic E-state index is 10.8. The predicted molar refractivity (Wildman–Crippen MR) is 131 cm³/mol. The summed E-state index contributed by atoms with van der Waals surface area (Å²) in [6, 6.07) is 7.43. The molecule has 33 heavy (non-hydrogen) atoms. The van der Waals surface area contributed by atoms with Crippen LogP contribution in [-0.2, 0) is 9.59 Å². The number of carboxylic acids is 2. The van der Waals surface area contributed by atoms with Crippen LogP contribution in [0, 0.1) is 5.92 Å². The van der Waals surface area contributed by atoms with Gasteiger partial charge < -0.3 is 19.7 Å². The van der Waals surface area contributed by atoms with E-state index in [1.54, 1.807) is 6.92 Å². The highest BCUT2D eigenvalue weighted by atomic mass is 16.5. The lowest BCUT2D eigenvalue weighted by molar-refractivity contribution is -0.139. The van der Waals surface area contributed by atoms with E-state index in [1.165, 1.54) is 51.4 Å². The van der Waals surface area contributed by atoms with Crippen molar-refractivity contribution in [1.82, 2.24) is 0 Å². The third-order valence-corrected chi connectivity index (χ3v) is 5.76. The molecule has 0 heterocycles. The molecule has 0 fully saturated rings. The van der Waals surface area contributed by atoms with Crippen LogP contribution in [0.5, 0.6) is 11.5 Å². The first-order valence-electron chi connectivity index (χ1n) is 12.7. The summed E-state index contributed by atoms with van der Waals surface area (Å²) in [4.78, 5) is 21.5. The molecule has 0 spiro atoms. The fourth-order valence-corrected chi connectivity index (χ4v) is 3.94. The Morgan fingerprint density at radius 2 is 1.21 bits per heavy atom. The molecule has 0 amide bonds. The molecule has 0 saturated heterocycles. The summed E-state index contributed by atoms with van der Waals surface area (Å²) in [6.07, 6.45) is 14.3. The largest absolute Gasteiger partial charge is 0.490 e. The SMILES string of the molecule is CC(CCCCCCCCCCCCCOc1ccccc1OC(C)CC(=O)O)CC(=O)O. The van der Waals surface area contributed by atoms with Crippen LogP contribution in [0.4, 0.5) is 0 Å². The van der Waals surface area contributed by atoms with Gasteiger partial charge in [-0.1, -0.05) is 89.7 Å². The molecule has 1 aromatic rings. The zero-order valence-corrected chi connectivity index (χ0v) is 20.6. The van der Waals surface area contributed by atoms with Gasteiger partial charge in [0.15, 0.2) is 11.5 Å². The molecular weight excluding hydrogens is 420 g/mol. The summed E-state index contributed by atoms with van der Waals surface area (Å²) in [5.41, 5.74) is 0. The van der Waals surface area contributed by atoms with E-state index in [0.717, 1.165) is 25.7 Å². The first-order chi connectivity index (χ1) is 15.9. The third-order valence-electron chi connectivity index (χ3n) is 5.76. The molecule has 0 radical (unpaired) electrons. The Labute approximate surface area is 199 Å². The van der Waals surface area contributed by atoms with Crippen LogP contribution in [0.15, 0.2) is 24.3 Å². The highest BCUT2D eigenvalue weighted by Gasteiger charge is 2.12. The number of hydrogen-bond donors (Lipinski definition) is 2. The molecule has 0 aromatic heterocycles. The van der Waals surface area contributed by atoms with Crippen molar-refractivity contribution < 1.29 is 29.3 Å². The molecule has 2 N–H and O–H groups in total. The number of rotatable bonds is 21. The van der Waals surface area contributed by atoms with Gasteiger partial charge in [-0.15, -0.1) is 0 Å². The molecule has 2 atom stereocenters. The maximum Gasteiger partial charge on any atom is 0.307 e. The zero-order valence-electron chi connectivity index (χ0n) is 20.6. The van der Waals surface area contributed by atoms with Crippen LogP contribution in [-0.4, -0.2) is 34.9 Å². The zero-order chi connectivity index (χ0) is 24.3. The van der Waals surface area contributed by atoms with Gasteiger partial charge in [-0.25, -0.2) is 0 Å². The predicted octanol–water partition coefficient (Wildman–Crippen LogP) is 7.10. The molecule has 0 aliphatic heterocycles. The van der Waals surface area contributed by atoms with E-state index in [1.807, 2.05) is 31.2 Å². The average Bonchev–Trinajstić information content (AvgIpc) is 2.74. The Bertz CT molecular complexity index is 660. The van der Waals surface area contributed by atoms with Crippen LogP contribution in [0.25, 0.3) is 0 Å². The highest BCUT2D eigenvalue weighted by Crippen LogP contribution is 2.28. The van der Waals surface area contributed by atoms with Crippen LogP contribution < -0.4 is 9.47 Å².